The molecule has 0 saturated heterocycles. The summed E-state index contributed by atoms with van der Waals surface area (Å²) in [5.41, 5.74) is 3.18. The van der Waals surface area contributed by atoms with Gasteiger partial charge in [-0.05, 0) is 54.4 Å². The molecule has 0 radical (unpaired) electrons. The molecule has 0 bridgehead atoms. The lowest BCUT2D eigenvalue weighted by Gasteiger charge is -2.11. The Bertz CT molecular complexity index is 982. The normalized spacial score (nSPS) is 11.1. The molecule has 3 rings (SSSR count). The van der Waals surface area contributed by atoms with E-state index in [1.165, 1.54) is 0 Å². The average Bonchev–Trinajstić information content (AvgIpc) is 2.79. The standard InChI is InChI=1S/C25H25NO4/c1-3-29-25(27)17-23(26-22-11-7-8-12-24(22)28-2)20-13-15-21(16-14-20)30-18-19-9-5-4-6-10-19/h4-16H,3,17-18H2,1-2H3. The van der Waals surface area contributed by atoms with E-state index in [9.17, 15) is 4.79 Å². The lowest BCUT2D eigenvalue weighted by molar-refractivity contribution is -0.141. The number of aliphatic imine (C=N–C) groups is 1. The number of carbonyl (C=O) groups is 1. The Kier molecular flexibility index (Phi) is 7.61. The molecule has 5 heteroatoms. The number of nitrogens with zero attached hydrogens (tertiary/aromatic N) is 1. The Morgan fingerprint density at radius 3 is 2.30 bits per heavy atom. The molecule has 3 aromatic rings. The Morgan fingerprint density at radius 1 is 0.900 bits per heavy atom. The van der Waals surface area contributed by atoms with Gasteiger partial charge in [-0.3, -0.25) is 4.79 Å². The van der Waals surface area contributed by atoms with Gasteiger partial charge in [-0.15, -0.1) is 0 Å². The van der Waals surface area contributed by atoms with Gasteiger partial charge in [0.1, 0.15) is 23.8 Å². The average molecular weight is 403 g/mol. The number of carbonyl (C=O) groups excluding carboxylic acids is 1. The van der Waals surface area contributed by atoms with Crippen LogP contribution < -0.4 is 9.47 Å². The third kappa shape index (κ3) is 5.95. The van der Waals surface area contributed by atoms with Crippen molar-refractivity contribution in [1.82, 2.24) is 0 Å². The lowest BCUT2D eigenvalue weighted by atomic mass is 10.1. The van der Waals surface area contributed by atoms with E-state index in [4.69, 9.17) is 19.2 Å². The summed E-state index contributed by atoms with van der Waals surface area (Å²) < 4.78 is 16.4. The van der Waals surface area contributed by atoms with E-state index in [1.807, 2.05) is 78.9 Å². The second kappa shape index (κ2) is 10.8. The molecule has 0 unspecified atom stereocenters. The van der Waals surface area contributed by atoms with E-state index < -0.39 is 0 Å². The molecule has 3 aromatic carbocycles. The molecule has 5 nitrogen and oxygen atoms in total. The van der Waals surface area contributed by atoms with Crippen molar-refractivity contribution in [3.8, 4) is 11.5 Å². The van der Waals surface area contributed by atoms with Crippen molar-refractivity contribution in [1.29, 1.82) is 0 Å². The van der Waals surface area contributed by atoms with E-state index in [2.05, 4.69) is 0 Å². The topological polar surface area (TPSA) is 57.1 Å². The summed E-state index contributed by atoms with van der Waals surface area (Å²) in [4.78, 5) is 16.8. The fraction of sp³-hybridized carbons (Fsp3) is 0.200. The highest BCUT2D eigenvalue weighted by molar-refractivity contribution is 6.10. The zero-order chi connectivity index (χ0) is 21.2. The molecule has 0 aromatic heterocycles. The zero-order valence-electron chi connectivity index (χ0n) is 17.2. The lowest BCUT2D eigenvalue weighted by Crippen LogP contribution is -2.12. The van der Waals surface area contributed by atoms with Crippen molar-refractivity contribution < 1.29 is 19.0 Å². The van der Waals surface area contributed by atoms with E-state index in [0.717, 1.165) is 16.9 Å². The number of rotatable bonds is 9. The van der Waals surface area contributed by atoms with Crippen molar-refractivity contribution in [2.45, 2.75) is 20.0 Å². The van der Waals surface area contributed by atoms with Crippen LogP contribution in [-0.2, 0) is 16.1 Å². The molecule has 154 valence electrons. The molecule has 0 N–H and O–H groups in total. The van der Waals surface area contributed by atoms with Crippen LogP contribution in [0.3, 0.4) is 0 Å². The van der Waals surface area contributed by atoms with Gasteiger partial charge in [-0.25, -0.2) is 4.99 Å². The highest BCUT2D eigenvalue weighted by Gasteiger charge is 2.13. The van der Waals surface area contributed by atoms with Gasteiger partial charge in [0.25, 0.3) is 0 Å². The molecule has 0 aliphatic heterocycles. The van der Waals surface area contributed by atoms with Crippen LogP contribution in [0, 0.1) is 0 Å². The van der Waals surface area contributed by atoms with Crippen molar-refractivity contribution in [3.63, 3.8) is 0 Å². The van der Waals surface area contributed by atoms with Gasteiger partial charge in [-0.2, -0.15) is 0 Å². The summed E-state index contributed by atoms with van der Waals surface area (Å²) in [5, 5.41) is 0. The van der Waals surface area contributed by atoms with Gasteiger partial charge in [0.2, 0.25) is 0 Å². The summed E-state index contributed by atoms with van der Waals surface area (Å²) >= 11 is 0. The number of para-hydroxylation sites is 2. The predicted molar refractivity (Wildman–Crippen MR) is 118 cm³/mol. The molecule has 0 saturated carbocycles. The van der Waals surface area contributed by atoms with E-state index in [1.54, 1.807) is 14.0 Å². The second-order valence-electron chi connectivity index (χ2n) is 6.51. The third-order valence-corrected chi connectivity index (χ3v) is 4.39. The minimum absolute atomic E-state index is 0.0656. The molecule has 0 amide bonds. The number of ether oxygens (including phenoxy) is 3. The van der Waals surface area contributed by atoms with Crippen molar-refractivity contribution >= 4 is 17.4 Å². The Labute approximate surface area is 176 Å². The molecule has 0 atom stereocenters. The van der Waals surface area contributed by atoms with Crippen LogP contribution in [0.25, 0.3) is 0 Å². The Morgan fingerprint density at radius 2 is 1.60 bits per heavy atom. The predicted octanol–water partition coefficient (Wildman–Crippen LogP) is 5.35. The van der Waals surface area contributed by atoms with Gasteiger partial charge in [0.15, 0.2) is 0 Å². The quantitative estimate of drug-likeness (QED) is 0.357. The SMILES string of the molecule is CCOC(=O)CC(=Nc1ccccc1OC)c1ccc(OCc2ccccc2)cc1. The van der Waals surface area contributed by atoms with Crippen LogP contribution in [0.4, 0.5) is 5.69 Å². The third-order valence-electron chi connectivity index (χ3n) is 4.39. The summed E-state index contributed by atoms with van der Waals surface area (Å²) in [6, 6.07) is 25.0. The highest BCUT2D eigenvalue weighted by Crippen LogP contribution is 2.28. The number of methoxy groups -OCH3 is 1. The summed E-state index contributed by atoms with van der Waals surface area (Å²) in [7, 11) is 1.60. The van der Waals surface area contributed by atoms with E-state index in [-0.39, 0.29) is 12.4 Å². The van der Waals surface area contributed by atoms with Crippen LogP contribution in [-0.4, -0.2) is 25.4 Å². The first-order valence-electron chi connectivity index (χ1n) is 9.83. The van der Waals surface area contributed by atoms with Gasteiger partial charge in [0.05, 0.1) is 25.8 Å². The molecule has 0 spiro atoms. The van der Waals surface area contributed by atoms with Crippen molar-refractivity contribution in [2.75, 3.05) is 13.7 Å². The zero-order valence-corrected chi connectivity index (χ0v) is 17.2. The first kappa shape index (κ1) is 21.1. The molecule has 0 aliphatic rings. The molecular weight excluding hydrogens is 378 g/mol. The van der Waals surface area contributed by atoms with E-state index in [0.29, 0.717) is 30.4 Å². The smallest absolute Gasteiger partial charge is 0.311 e. The van der Waals surface area contributed by atoms with Crippen LogP contribution in [0.5, 0.6) is 11.5 Å². The minimum atomic E-state index is -0.324. The second-order valence-corrected chi connectivity index (χ2v) is 6.51. The summed E-state index contributed by atoms with van der Waals surface area (Å²) in [6.07, 6.45) is 0.0656. The van der Waals surface area contributed by atoms with Crippen LogP contribution in [0.2, 0.25) is 0 Å². The minimum Gasteiger partial charge on any atom is -0.494 e. The molecule has 30 heavy (non-hydrogen) atoms. The first-order valence-corrected chi connectivity index (χ1v) is 9.83. The maximum atomic E-state index is 12.1. The Hall–Kier alpha value is -3.60. The molecular formula is C25H25NO4. The van der Waals surface area contributed by atoms with E-state index >= 15 is 0 Å². The maximum Gasteiger partial charge on any atom is 0.311 e. The number of benzene rings is 3. The molecule has 0 heterocycles. The van der Waals surface area contributed by atoms with Crippen LogP contribution in [0.15, 0.2) is 83.9 Å². The number of hydrogen-bond donors (Lipinski definition) is 0. The Balaban J connectivity index is 1.82. The van der Waals surface area contributed by atoms with Gasteiger partial charge in [-0.1, -0.05) is 42.5 Å². The molecule has 0 aliphatic carbocycles. The van der Waals surface area contributed by atoms with Gasteiger partial charge >= 0.3 is 5.97 Å². The highest BCUT2D eigenvalue weighted by atomic mass is 16.5. The number of hydrogen-bond acceptors (Lipinski definition) is 5. The monoisotopic (exact) mass is 403 g/mol. The fourth-order valence-electron chi connectivity index (χ4n) is 2.91. The van der Waals surface area contributed by atoms with Crippen LogP contribution >= 0.6 is 0 Å². The summed E-state index contributed by atoms with van der Waals surface area (Å²) in [5.74, 6) is 1.06. The number of esters is 1. The first-order chi connectivity index (χ1) is 14.7. The van der Waals surface area contributed by atoms with Crippen LogP contribution in [0.1, 0.15) is 24.5 Å². The van der Waals surface area contributed by atoms with Crippen molar-refractivity contribution in [3.05, 3.63) is 90.0 Å². The molecule has 0 fully saturated rings. The summed E-state index contributed by atoms with van der Waals surface area (Å²) in [6.45, 7) is 2.60. The largest absolute Gasteiger partial charge is 0.494 e. The van der Waals surface area contributed by atoms with Crippen molar-refractivity contribution in [2.24, 2.45) is 4.99 Å². The van der Waals surface area contributed by atoms with Gasteiger partial charge < -0.3 is 14.2 Å². The fourth-order valence-corrected chi connectivity index (χ4v) is 2.91. The van der Waals surface area contributed by atoms with Gasteiger partial charge in [0, 0.05) is 0 Å². The maximum absolute atomic E-state index is 12.1.